The quantitative estimate of drug-likeness (QED) is 0.899. The third-order valence-electron chi connectivity index (χ3n) is 4.71. The number of hydrogen-bond donors (Lipinski definition) is 2. The number of rotatable bonds is 3. The van der Waals surface area contributed by atoms with Crippen molar-refractivity contribution in [2.24, 2.45) is 0 Å². The van der Waals surface area contributed by atoms with Crippen molar-refractivity contribution in [3.8, 4) is 0 Å². The average molecular weight is 304 g/mol. The number of carbonyl (C=O) groups is 1. The van der Waals surface area contributed by atoms with Gasteiger partial charge in [-0.05, 0) is 43.6 Å². The first-order valence-corrected chi connectivity index (χ1v) is 9.22. The summed E-state index contributed by atoms with van der Waals surface area (Å²) < 4.78 is 0. The molecule has 1 heterocycles. The van der Waals surface area contributed by atoms with E-state index in [-0.39, 0.29) is 11.8 Å². The molecule has 3 rings (SSSR count). The summed E-state index contributed by atoms with van der Waals surface area (Å²) in [4.78, 5) is 12.7. The van der Waals surface area contributed by atoms with Crippen LogP contribution < -0.4 is 10.6 Å². The van der Waals surface area contributed by atoms with Crippen LogP contribution in [-0.2, 0) is 4.79 Å². The maximum absolute atomic E-state index is 12.7. The van der Waals surface area contributed by atoms with Crippen molar-refractivity contribution in [2.45, 2.75) is 49.3 Å². The fourth-order valence-corrected chi connectivity index (χ4v) is 4.36. The first kappa shape index (κ1) is 14.8. The normalized spacial score (nSPS) is 28.3. The average Bonchev–Trinajstić information content (AvgIpc) is 2.54. The van der Waals surface area contributed by atoms with E-state index in [1.807, 2.05) is 23.9 Å². The van der Waals surface area contributed by atoms with Gasteiger partial charge in [0.05, 0.1) is 5.92 Å². The summed E-state index contributed by atoms with van der Waals surface area (Å²) in [6.07, 6.45) is 7.86. The van der Waals surface area contributed by atoms with Crippen LogP contribution in [-0.4, -0.2) is 30.0 Å². The van der Waals surface area contributed by atoms with Crippen LogP contribution in [0.3, 0.4) is 0 Å². The smallest absolute Gasteiger partial charge is 0.227 e. The number of nitrogens with one attached hydrogen (secondary N) is 2. The highest BCUT2D eigenvalue weighted by atomic mass is 32.2. The van der Waals surface area contributed by atoms with E-state index < -0.39 is 0 Å². The molecule has 1 aliphatic carbocycles. The third kappa shape index (κ3) is 3.37. The molecule has 21 heavy (non-hydrogen) atoms. The highest BCUT2D eigenvalue weighted by Crippen LogP contribution is 2.32. The zero-order valence-corrected chi connectivity index (χ0v) is 13.4. The molecule has 114 valence electrons. The van der Waals surface area contributed by atoms with E-state index in [9.17, 15) is 4.79 Å². The zero-order chi connectivity index (χ0) is 14.7. The number of hydrogen-bond acceptors (Lipinski definition) is 3. The van der Waals surface area contributed by atoms with Crippen molar-refractivity contribution in [2.75, 3.05) is 18.1 Å². The number of amides is 1. The minimum absolute atomic E-state index is 0.0112. The Morgan fingerprint density at radius 2 is 2.14 bits per heavy atom. The van der Waals surface area contributed by atoms with Gasteiger partial charge in [0.2, 0.25) is 5.91 Å². The molecule has 2 aliphatic rings. The summed E-state index contributed by atoms with van der Waals surface area (Å²) in [5.74, 6) is 0.229. The molecule has 3 unspecified atom stereocenters. The Labute approximate surface area is 131 Å². The van der Waals surface area contributed by atoms with Gasteiger partial charge in [-0.2, -0.15) is 11.8 Å². The van der Waals surface area contributed by atoms with Crippen molar-refractivity contribution >= 4 is 23.4 Å². The molecule has 1 aliphatic heterocycles. The lowest BCUT2D eigenvalue weighted by Gasteiger charge is -2.31. The Hall–Kier alpha value is -1.16. The summed E-state index contributed by atoms with van der Waals surface area (Å²) in [5, 5.41) is 7.41. The SMILES string of the molecule is CSC1CCCC(NC(=O)C2CCNc3ccccc32)C1. The van der Waals surface area contributed by atoms with E-state index in [1.54, 1.807) is 0 Å². The standard InChI is InChI=1S/C17H24N2OS/c1-21-13-6-4-5-12(11-13)19-17(20)15-9-10-18-16-8-3-2-7-14(15)16/h2-3,7-8,12-13,15,18H,4-6,9-11H2,1H3,(H,19,20). The summed E-state index contributed by atoms with van der Waals surface area (Å²) in [7, 11) is 0. The van der Waals surface area contributed by atoms with Gasteiger partial charge in [-0.25, -0.2) is 0 Å². The Morgan fingerprint density at radius 3 is 3.00 bits per heavy atom. The van der Waals surface area contributed by atoms with Gasteiger partial charge in [0.1, 0.15) is 0 Å². The van der Waals surface area contributed by atoms with Gasteiger partial charge >= 0.3 is 0 Å². The van der Waals surface area contributed by atoms with Crippen LogP contribution in [0.1, 0.15) is 43.6 Å². The Balaban J connectivity index is 1.66. The number of carbonyl (C=O) groups excluding carboxylic acids is 1. The van der Waals surface area contributed by atoms with Gasteiger partial charge in [0.15, 0.2) is 0 Å². The van der Waals surface area contributed by atoms with Crippen LogP contribution in [0.25, 0.3) is 0 Å². The minimum Gasteiger partial charge on any atom is -0.385 e. The van der Waals surface area contributed by atoms with E-state index >= 15 is 0 Å². The topological polar surface area (TPSA) is 41.1 Å². The van der Waals surface area contributed by atoms with Gasteiger partial charge in [0.25, 0.3) is 0 Å². The molecule has 1 fully saturated rings. The fraction of sp³-hybridized carbons (Fsp3) is 0.588. The largest absolute Gasteiger partial charge is 0.385 e. The summed E-state index contributed by atoms with van der Waals surface area (Å²) in [6.45, 7) is 0.882. The molecule has 1 aromatic rings. The first-order chi connectivity index (χ1) is 10.3. The maximum atomic E-state index is 12.7. The Bertz CT molecular complexity index is 505. The van der Waals surface area contributed by atoms with E-state index in [1.165, 1.54) is 12.8 Å². The van der Waals surface area contributed by atoms with Crippen molar-refractivity contribution < 1.29 is 4.79 Å². The number of fused-ring (bicyclic) bond motifs is 1. The van der Waals surface area contributed by atoms with Crippen molar-refractivity contribution in [3.63, 3.8) is 0 Å². The molecule has 1 saturated carbocycles. The predicted molar refractivity (Wildman–Crippen MR) is 90.0 cm³/mol. The monoisotopic (exact) mass is 304 g/mol. The van der Waals surface area contributed by atoms with Crippen molar-refractivity contribution in [1.82, 2.24) is 5.32 Å². The molecule has 0 saturated heterocycles. The number of benzene rings is 1. The number of anilines is 1. The van der Waals surface area contributed by atoms with Crippen molar-refractivity contribution in [3.05, 3.63) is 29.8 Å². The number of para-hydroxylation sites is 1. The van der Waals surface area contributed by atoms with Crippen LogP contribution in [0.2, 0.25) is 0 Å². The van der Waals surface area contributed by atoms with Crippen LogP contribution in [0.4, 0.5) is 5.69 Å². The summed E-state index contributed by atoms with van der Waals surface area (Å²) in [6, 6.07) is 8.56. The first-order valence-electron chi connectivity index (χ1n) is 7.94. The van der Waals surface area contributed by atoms with E-state index in [0.717, 1.165) is 37.1 Å². The van der Waals surface area contributed by atoms with E-state index in [4.69, 9.17) is 0 Å². The van der Waals surface area contributed by atoms with Crippen LogP contribution in [0.5, 0.6) is 0 Å². The maximum Gasteiger partial charge on any atom is 0.227 e. The second-order valence-corrected chi connectivity index (χ2v) is 7.22. The fourth-order valence-electron chi connectivity index (χ4n) is 3.53. The molecule has 0 spiro atoms. The van der Waals surface area contributed by atoms with E-state index in [0.29, 0.717) is 11.3 Å². The van der Waals surface area contributed by atoms with Gasteiger partial charge in [0, 0.05) is 23.5 Å². The molecule has 1 aromatic carbocycles. The van der Waals surface area contributed by atoms with E-state index in [2.05, 4.69) is 29.0 Å². The van der Waals surface area contributed by atoms with Gasteiger partial charge in [-0.3, -0.25) is 4.79 Å². The van der Waals surface area contributed by atoms with Crippen molar-refractivity contribution in [1.29, 1.82) is 0 Å². The molecule has 4 heteroatoms. The predicted octanol–water partition coefficient (Wildman–Crippen LogP) is 3.38. The molecule has 0 aromatic heterocycles. The molecule has 2 N–H and O–H groups in total. The molecule has 3 atom stereocenters. The van der Waals surface area contributed by atoms with Crippen LogP contribution in [0, 0.1) is 0 Å². The van der Waals surface area contributed by atoms with Crippen LogP contribution >= 0.6 is 11.8 Å². The minimum atomic E-state index is 0.0112. The lowest BCUT2D eigenvalue weighted by molar-refractivity contribution is -0.123. The second-order valence-electron chi connectivity index (χ2n) is 6.09. The Morgan fingerprint density at radius 1 is 1.29 bits per heavy atom. The molecular formula is C17H24N2OS. The lowest BCUT2D eigenvalue weighted by Crippen LogP contribution is -2.42. The lowest BCUT2D eigenvalue weighted by atomic mass is 9.89. The molecule has 0 bridgehead atoms. The summed E-state index contributed by atoms with van der Waals surface area (Å²) >= 11 is 1.94. The number of thioether (sulfide) groups is 1. The second kappa shape index (κ2) is 6.73. The van der Waals surface area contributed by atoms with Crippen LogP contribution in [0.15, 0.2) is 24.3 Å². The van der Waals surface area contributed by atoms with Gasteiger partial charge in [-0.1, -0.05) is 24.6 Å². The zero-order valence-electron chi connectivity index (χ0n) is 12.6. The summed E-state index contributed by atoms with van der Waals surface area (Å²) in [5.41, 5.74) is 2.27. The molecular weight excluding hydrogens is 280 g/mol. The molecule has 3 nitrogen and oxygen atoms in total. The van der Waals surface area contributed by atoms with Gasteiger partial charge < -0.3 is 10.6 Å². The third-order valence-corrected chi connectivity index (χ3v) is 5.80. The van der Waals surface area contributed by atoms with Gasteiger partial charge in [-0.15, -0.1) is 0 Å². The highest BCUT2D eigenvalue weighted by molar-refractivity contribution is 7.99. The molecule has 0 radical (unpaired) electrons. The molecule has 1 amide bonds. The highest BCUT2D eigenvalue weighted by Gasteiger charge is 2.29. The Kier molecular flexibility index (Phi) is 4.73.